The smallest absolute Gasteiger partial charge is 0.178 e. The van der Waals surface area contributed by atoms with Gasteiger partial charge in [0.1, 0.15) is 28.4 Å². The quantitative estimate of drug-likeness (QED) is 0.439. The number of hydrogen-bond acceptors (Lipinski definition) is 6. The van der Waals surface area contributed by atoms with Crippen LogP contribution in [0.4, 0.5) is 0 Å². The van der Waals surface area contributed by atoms with E-state index < -0.39 is 5.60 Å². The Morgan fingerprint density at radius 3 is 2.83 bits per heavy atom. The maximum absolute atomic E-state index is 10.7. The molecule has 0 aliphatic carbocycles. The Labute approximate surface area is 173 Å². The highest BCUT2D eigenvalue weighted by Crippen LogP contribution is 2.33. The third-order valence-electron chi connectivity index (χ3n) is 4.69. The normalized spacial score (nSPS) is 13.5. The molecule has 0 spiro atoms. The first-order valence-corrected chi connectivity index (χ1v) is 10.4. The van der Waals surface area contributed by atoms with Crippen molar-refractivity contribution >= 4 is 21.6 Å². The fraction of sp³-hybridized carbons (Fsp3) is 0.261. The lowest BCUT2D eigenvalue weighted by molar-refractivity contribution is 0.0121. The van der Waals surface area contributed by atoms with Crippen LogP contribution in [0, 0.1) is 6.92 Å². The van der Waals surface area contributed by atoms with Gasteiger partial charge >= 0.3 is 0 Å². The molecule has 0 fully saturated rings. The Kier molecular flexibility index (Phi) is 5.67. The first-order chi connectivity index (χ1) is 14.0. The summed E-state index contributed by atoms with van der Waals surface area (Å²) in [7, 11) is 0. The van der Waals surface area contributed by atoms with Gasteiger partial charge in [0.05, 0.1) is 0 Å². The van der Waals surface area contributed by atoms with Crippen molar-refractivity contribution in [2.45, 2.75) is 26.0 Å². The van der Waals surface area contributed by atoms with Gasteiger partial charge in [-0.2, -0.15) is 0 Å². The van der Waals surface area contributed by atoms with Gasteiger partial charge in [-0.3, -0.25) is 0 Å². The number of fused-ring (bicyclic) bond motifs is 1. The number of nitrogens with one attached hydrogen (secondary N) is 1. The molecule has 0 bridgehead atoms. The Hall–Kier alpha value is -2.67. The van der Waals surface area contributed by atoms with Gasteiger partial charge in [-0.1, -0.05) is 47.1 Å². The van der Waals surface area contributed by atoms with Crippen LogP contribution in [0.25, 0.3) is 21.5 Å². The molecule has 1 atom stereocenters. The van der Waals surface area contributed by atoms with Crippen LogP contribution >= 0.6 is 11.3 Å². The van der Waals surface area contributed by atoms with E-state index >= 15 is 0 Å². The molecule has 2 heterocycles. The van der Waals surface area contributed by atoms with E-state index in [1.54, 1.807) is 18.3 Å². The number of rotatable bonds is 8. The molecule has 0 radical (unpaired) electrons. The minimum Gasteiger partial charge on any atom is -0.491 e. The molecule has 5 nitrogen and oxygen atoms in total. The van der Waals surface area contributed by atoms with Crippen molar-refractivity contribution < 1.29 is 14.4 Å². The van der Waals surface area contributed by atoms with Gasteiger partial charge in [0.2, 0.25) is 0 Å². The summed E-state index contributed by atoms with van der Waals surface area (Å²) in [6.07, 6.45) is 0. The van der Waals surface area contributed by atoms with E-state index in [1.165, 1.54) is 11.1 Å². The zero-order valence-electron chi connectivity index (χ0n) is 16.5. The van der Waals surface area contributed by atoms with Gasteiger partial charge in [0, 0.05) is 18.7 Å². The molecule has 0 saturated heterocycles. The number of nitrogens with zero attached hydrogens (tertiary/aromatic N) is 1. The number of thiophene rings is 1. The zero-order valence-corrected chi connectivity index (χ0v) is 17.3. The Balaban J connectivity index is 1.34. The molecule has 4 aromatic rings. The van der Waals surface area contributed by atoms with Crippen LogP contribution in [0.3, 0.4) is 0 Å². The molecule has 2 aromatic heterocycles. The molecule has 150 valence electrons. The molecular weight excluding hydrogens is 384 g/mol. The Bertz CT molecular complexity index is 1080. The number of aromatic nitrogens is 1. The van der Waals surface area contributed by atoms with Crippen molar-refractivity contribution in [2.24, 2.45) is 0 Å². The largest absolute Gasteiger partial charge is 0.491 e. The molecule has 29 heavy (non-hydrogen) atoms. The van der Waals surface area contributed by atoms with Crippen LogP contribution in [-0.2, 0) is 6.54 Å². The second-order valence-electron chi connectivity index (χ2n) is 7.55. The molecule has 0 saturated carbocycles. The van der Waals surface area contributed by atoms with Gasteiger partial charge < -0.3 is 19.7 Å². The standard InChI is InChI=1S/C23H24N2O3S/c1-16-6-8-17(9-7-16)13-24-14-23(2,26)15-27-19-5-3-4-18(12-19)21-22-20(28-25-21)10-11-29-22/h3-12,24,26H,13-15H2,1-2H3. The van der Waals surface area contributed by atoms with Crippen LogP contribution in [0.5, 0.6) is 5.75 Å². The average Bonchev–Trinajstić information content (AvgIpc) is 3.32. The lowest BCUT2D eigenvalue weighted by Gasteiger charge is -2.24. The van der Waals surface area contributed by atoms with E-state index in [0.717, 1.165) is 21.5 Å². The van der Waals surface area contributed by atoms with Crippen LogP contribution in [0.15, 0.2) is 64.5 Å². The number of hydrogen-bond donors (Lipinski definition) is 2. The summed E-state index contributed by atoms with van der Waals surface area (Å²) in [6.45, 7) is 5.16. The second kappa shape index (κ2) is 8.37. The number of aliphatic hydroxyl groups is 1. The highest BCUT2D eigenvalue weighted by molar-refractivity contribution is 7.17. The summed E-state index contributed by atoms with van der Waals surface area (Å²) in [5.41, 5.74) is 3.97. The average molecular weight is 409 g/mol. The topological polar surface area (TPSA) is 67.5 Å². The van der Waals surface area contributed by atoms with E-state index in [1.807, 2.05) is 35.7 Å². The molecule has 2 N–H and O–H groups in total. The molecule has 0 amide bonds. The van der Waals surface area contributed by atoms with E-state index in [2.05, 4.69) is 41.7 Å². The SMILES string of the molecule is Cc1ccc(CNCC(C)(O)COc2cccc(-c3noc4ccsc34)c2)cc1. The second-order valence-corrected chi connectivity index (χ2v) is 8.46. The van der Waals surface area contributed by atoms with E-state index in [4.69, 9.17) is 9.26 Å². The van der Waals surface area contributed by atoms with Crippen LogP contribution < -0.4 is 10.1 Å². The van der Waals surface area contributed by atoms with Crippen molar-refractivity contribution in [3.05, 3.63) is 71.1 Å². The molecule has 0 aliphatic rings. The Morgan fingerprint density at radius 2 is 2.00 bits per heavy atom. The lowest BCUT2D eigenvalue weighted by atomic mass is 10.1. The van der Waals surface area contributed by atoms with Gasteiger partial charge in [-0.25, -0.2) is 0 Å². The fourth-order valence-corrected chi connectivity index (χ4v) is 3.88. The van der Waals surface area contributed by atoms with Crippen LogP contribution in [0.1, 0.15) is 18.1 Å². The summed E-state index contributed by atoms with van der Waals surface area (Å²) in [6, 6.07) is 18.0. The van der Waals surface area contributed by atoms with E-state index in [-0.39, 0.29) is 6.61 Å². The van der Waals surface area contributed by atoms with Gasteiger partial charge in [0.15, 0.2) is 5.58 Å². The highest BCUT2D eigenvalue weighted by Gasteiger charge is 2.21. The number of aryl methyl sites for hydroxylation is 1. The van der Waals surface area contributed by atoms with Crippen molar-refractivity contribution in [2.75, 3.05) is 13.2 Å². The molecule has 6 heteroatoms. The monoisotopic (exact) mass is 408 g/mol. The fourth-order valence-electron chi connectivity index (χ4n) is 3.07. The summed E-state index contributed by atoms with van der Waals surface area (Å²) in [5, 5.41) is 20.1. The van der Waals surface area contributed by atoms with E-state index in [9.17, 15) is 5.11 Å². The predicted molar refractivity (Wildman–Crippen MR) is 116 cm³/mol. The minimum atomic E-state index is -0.990. The first-order valence-electron chi connectivity index (χ1n) is 9.55. The third kappa shape index (κ3) is 4.85. The molecule has 1 unspecified atom stereocenters. The number of ether oxygens (including phenoxy) is 1. The Morgan fingerprint density at radius 1 is 1.17 bits per heavy atom. The van der Waals surface area contributed by atoms with Crippen molar-refractivity contribution in [3.8, 4) is 17.0 Å². The lowest BCUT2D eigenvalue weighted by Crippen LogP contribution is -2.42. The van der Waals surface area contributed by atoms with Crippen molar-refractivity contribution in [1.29, 1.82) is 0 Å². The molecular formula is C23H24N2O3S. The first kappa shape index (κ1) is 19.6. The molecule has 0 aliphatic heterocycles. The van der Waals surface area contributed by atoms with Gasteiger partial charge in [-0.15, -0.1) is 11.3 Å². The maximum atomic E-state index is 10.7. The minimum absolute atomic E-state index is 0.185. The summed E-state index contributed by atoms with van der Waals surface area (Å²) >= 11 is 1.60. The summed E-state index contributed by atoms with van der Waals surface area (Å²) < 4.78 is 12.3. The van der Waals surface area contributed by atoms with Gasteiger partial charge in [-0.05, 0) is 43.0 Å². The zero-order chi connectivity index (χ0) is 20.3. The third-order valence-corrected chi connectivity index (χ3v) is 5.59. The highest BCUT2D eigenvalue weighted by atomic mass is 32.1. The number of benzene rings is 2. The maximum Gasteiger partial charge on any atom is 0.178 e. The van der Waals surface area contributed by atoms with Crippen molar-refractivity contribution in [1.82, 2.24) is 10.5 Å². The summed E-state index contributed by atoms with van der Waals surface area (Å²) in [5.74, 6) is 0.689. The van der Waals surface area contributed by atoms with E-state index in [0.29, 0.717) is 18.8 Å². The summed E-state index contributed by atoms with van der Waals surface area (Å²) in [4.78, 5) is 0. The molecule has 4 rings (SSSR count). The van der Waals surface area contributed by atoms with Crippen LogP contribution in [0.2, 0.25) is 0 Å². The predicted octanol–water partition coefficient (Wildman–Crippen LogP) is 4.78. The van der Waals surface area contributed by atoms with Crippen LogP contribution in [-0.4, -0.2) is 29.0 Å². The van der Waals surface area contributed by atoms with Crippen molar-refractivity contribution in [3.63, 3.8) is 0 Å². The van der Waals surface area contributed by atoms with Gasteiger partial charge in [0.25, 0.3) is 0 Å². The molecule has 2 aromatic carbocycles.